The van der Waals surface area contributed by atoms with Gasteiger partial charge >= 0.3 is 0 Å². The van der Waals surface area contributed by atoms with E-state index in [1.807, 2.05) is 18.2 Å². The number of hydrogen-bond donors (Lipinski definition) is 1. The molecule has 2 heterocycles. The quantitative estimate of drug-likeness (QED) is 0.770. The minimum absolute atomic E-state index is 0.405. The first-order valence-corrected chi connectivity index (χ1v) is 8.23. The largest absolute Gasteiger partial charge is 0.497 e. The molecule has 0 bridgehead atoms. The van der Waals surface area contributed by atoms with Gasteiger partial charge < -0.3 is 15.4 Å². The number of fused-ring (bicyclic) bond motifs is 1. The molecule has 1 aromatic carbocycles. The fourth-order valence-electron chi connectivity index (χ4n) is 2.88. The van der Waals surface area contributed by atoms with E-state index in [1.54, 1.807) is 17.8 Å². The van der Waals surface area contributed by atoms with Gasteiger partial charge in [-0.1, -0.05) is 23.7 Å². The summed E-state index contributed by atoms with van der Waals surface area (Å²) in [4.78, 5) is 6.75. The topological polar surface area (TPSA) is 68.7 Å². The lowest BCUT2D eigenvalue weighted by Gasteiger charge is -2.25. The number of nitrogens with two attached hydrogens (primary N) is 1. The van der Waals surface area contributed by atoms with Crippen LogP contribution < -0.4 is 15.4 Å². The SMILES string of the molecule is COc1ccc(CN(c2cc(Cl)nn3c(N)cnc23)C2CC2)cc1. The monoisotopic (exact) mass is 343 g/mol. The maximum absolute atomic E-state index is 6.21. The molecule has 1 aliphatic carbocycles. The maximum atomic E-state index is 6.21. The first-order valence-electron chi connectivity index (χ1n) is 7.85. The van der Waals surface area contributed by atoms with Crippen LogP contribution in [0.5, 0.6) is 5.75 Å². The maximum Gasteiger partial charge on any atom is 0.179 e. The van der Waals surface area contributed by atoms with E-state index in [2.05, 4.69) is 27.1 Å². The molecule has 124 valence electrons. The normalized spacial score (nSPS) is 14.1. The lowest BCUT2D eigenvalue weighted by molar-refractivity contribution is 0.414. The number of hydrogen-bond acceptors (Lipinski definition) is 5. The van der Waals surface area contributed by atoms with Gasteiger partial charge in [0.2, 0.25) is 0 Å². The number of ether oxygens (including phenoxy) is 1. The van der Waals surface area contributed by atoms with Crippen LogP contribution in [-0.4, -0.2) is 27.7 Å². The van der Waals surface area contributed by atoms with Crippen LogP contribution >= 0.6 is 11.6 Å². The fraction of sp³-hybridized carbons (Fsp3) is 0.294. The van der Waals surface area contributed by atoms with Crippen LogP contribution in [-0.2, 0) is 6.54 Å². The van der Waals surface area contributed by atoms with Crippen LogP contribution in [0, 0.1) is 0 Å². The first kappa shape index (κ1) is 15.1. The number of rotatable bonds is 5. The number of nitrogens with zero attached hydrogens (tertiary/aromatic N) is 4. The van der Waals surface area contributed by atoms with Gasteiger partial charge in [-0.2, -0.15) is 9.61 Å². The van der Waals surface area contributed by atoms with Crippen molar-refractivity contribution in [1.29, 1.82) is 0 Å². The average molecular weight is 344 g/mol. The second-order valence-corrected chi connectivity index (χ2v) is 6.37. The summed E-state index contributed by atoms with van der Waals surface area (Å²) >= 11 is 6.21. The third-order valence-electron chi connectivity index (χ3n) is 4.25. The zero-order valence-corrected chi connectivity index (χ0v) is 14.1. The Morgan fingerprint density at radius 3 is 2.75 bits per heavy atom. The number of aromatic nitrogens is 3. The van der Waals surface area contributed by atoms with Crippen molar-refractivity contribution in [2.45, 2.75) is 25.4 Å². The summed E-state index contributed by atoms with van der Waals surface area (Å²) in [5, 5.41) is 4.64. The van der Waals surface area contributed by atoms with E-state index in [0.717, 1.165) is 23.6 Å². The van der Waals surface area contributed by atoms with Gasteiger partial charge in [0.15, 0.2) is 10.8 Å². The van der Waals surface area contributed by atoms with Crippen molar-refractivity contribution < 1.29 is 4.74 Å². The molecule has 7 heteroatoms. The molecule has 3 aromatic rings. The van der Waals surface area contributed by atoms with E-state index in [-0.39, 0.29) is 0 Å². The highest BCUT2D eigenvalue weighted by Crippen LogP contribution is 2.36. The highest BCUT2D eigenvalue weighted by Gasteiger charge is 2.31. The zero-order chi connectivity index (χ0) is 16.7. The van der Waals surface area contributed by atoms with Crippen LogP contribution in [0.1, 0.15) is 18.4 Å². The molecular formula is C17H18ClN5O. The predicted molar refractivity (Wildman–Crippen MR) is 94.6 cm³/mol. The standard InChI is InChI=1S/C17H18ClN5O/c1-24-13-6-2-11(3-7-13)10-22(12-4-5-12)14-8-15(18)21-23-16(19)9-20-17(14)23/h2-3,6-9,12H,4-5,10,19H2,1H3. The molecule has 0 aliphatic heterocycles. The molecule has 1 fully saturated rings. The van der Waals surface area contributed by atoms with Gasteiger partial charge in [0, 0.05) is 18.7 Å². The van der Waals surface area contributed by atoms with Crippen molar-refractivity contribution in [3.8, 4) is 5.75 Å². The molecule has 24 heavy (non-hydrogen) atoms. The smallest absolute Gasteiger partial charge is 0.179 e. The van der Waals surface area contributed by atoms with E-state index in [4.69, 9.17) is 22.1 Å². The number of benzene rings is 1. The second kappa shape index (κ2) is 5.87. The summed E-state index contributed by atoms with van der Waals surface area (Å²) < 4.78 is 6.83. The average Bonchev–Trinajstić information content (AvgIpc) is 3.37. The number of methoxy groups -OCH3 is 1. The number of halogens is 1. The summed E-state index contributed by atoms with van der Waals surface area (Å²) in [5.41, 5.74) is 8.84. The van der Waals surface area contributed by atoms with Crippen LogP contribution in [0.3, 0.4) is 0 Å². The van der Waals surface area contributed by atoms with Gasteiger partial charge in [0.05, 0.1) is 19.0 Å². The molecule has 1 saturated carbocycles. The molecule has 0 saturated heterocycles. The Morgan fingerprint density at radius 2 is 2.08 bits per heavy atom. The molecule has 0 radical (unpaired) electrons. The van der Waals surface area contributed by atoms with Crippen molar-refractivity contribution in [3.05, 3.63) is 47.2 Å². The summed E-state index contributed by atoms with van der Waals surface area (Å²) in [7, 11) is 1.67. The lowest BCUT2D eigenvalue weighted by Crippen LogP contribution is -2.26. The van der Waals surface area contributed by atoms with Crippen molar-refractivity contribution >= 4 is 28.8 Å². The highest BCUT2D eigenvalue weighted by atomic mass is 35.5. The van der Waals surface area contributed by atoms with Crippen molar-refractivity contribution in [3.63, 3.8) is 0 Å². The minimum atomic E-state index is 0.405. The Hall–Kier alpha value is -2.47. The Morgan fingerprint density at radius 1 is 1.33 bits per heavy atom. The Balaban J connectivity index is 1.73. The van der Waals surface area contributed by atoms with Gasteiger partial charge in [0.25, 0.3) is 0 Å². The fourth-order valence-corrected chi connectivity index (χ4v) is 3.06. The molecule has 1 aliphatic rings. The van der Waals surface area contributed by atoms with Crippen molar-refractivity contribution in [2.75, 3.05) is 17.7 Å². The summed E-state index contributed by atoms with van der Waals surface area (Å²) in [6, 6.07) is 10.5. The molecule has 6 nitrogen and oxygen atoms in total. The molecule has 2 N–H and O–H groups in total. The number of anilines is 2. The van der Waals surface area contributed by atoms with Crippen molar-refractivity contribution in [1.82, 2.24) is 14.6 Å². The minimum Gasteiger partial charge on any atom is -0.497 e. The van der Waals surface area contributed by atoms with E-state index in [9.17, 15) is 0 Å². The van der Waals surface area contributed by atoms with Crippen LogP contribution in [0.2, 0.25) is 5.15 Å². The van der Waals surface area contributed by atoms with Gasteiger partial charge in [-0.15, -0.1) is 0 Å². The molecule has 0 unspecified atom stereocenters. The Labute approximate surface area is 144 Å². The van der Waals surface area contributed by atoms with Gasteiger partial charge in [-0.05, 0) is 30.5 Å². The lowest BCUT2D eigenvalue weighted by atomic mass is 10.2. The van der Waals surface area contributed by atoms with Crippen molar-refractivity contribution in [2.24, 2.45) is 0 Å². The van der Waals surface area contributed by atoms with Gasteiger partial charge in [0.1, 0.15) is 11.6 Å². The molecule has 0 amide bonds. The second-order valence-electron chi connectivity index (χ2n) is 5.98. The number of nitrogen functional groups attached to an aromatic ring is 1. The molecule has 0 spiro atoms. The van der Waals surface area contributed by atoms with E-state index in [0.29, 0.717) is 17.0 Å². The molecule has 4 rings (SSSR count). The molecule has 0 atom stereocenters. The van der Waals surface area contributed by atoms with E-state index >= 15 is 0 Å². The Bertz CT molecular complexity index is 873. The number of imidazole rings is 1. The predicted octanol–water partition coefficient (Wildman–Crippen LogP) is 3.14. The van der Waals surface area contributed by atoms with E-state index < -0.39 is 0 Å². The van der Waals surface area contributed by atoms with Crippen LogP contribution in [0.4, 0.5) is 11.5 Å². The summed E-state index contributed by atoms with van der Waals surface area (Å²) in [6.45, 7) is 0.775. The molecular weight excluding hydrogens is 326 g/mol. The molecule has 2 aromatic heterocycles. The van der Waals surface area contributed by atoms with Crippen LogP contribution in [0.25, 0.3) is 5.65 Å². The first-order chi connectivity index (χ1) is 11.7. The van der Waals surface area contributed by atoms with Gasteiger partial charge in [-0.25, -0.2) is 4.98 Å². The van der Waals surface area contributed by atoms with Gasteiger partial charge in [-0.3, -0.25) is 0 Å². The summed E-state index contributed by atoms with van der Waals surface area (Å²) in [6.07, 6.45) is 3.94. The third-order valence-corrected chi connectivity index (χ3v) is 4.44. The highest BCUT2D eigenvalue weighted by molar-refractivity contribution is 6.29. The van der Waals surface area contributed by atoms with E-state index in [1.165, 1.54) is 18.4 Å². The third kappa shape index (κ3) is 2.73. The zero-order valence-electron chi connectivity index (χ0n) is 13.3. The van der Waals surface area contributed by atoms with Crippen LogP contribution in [0.15, 0.2) is 36.5 Å². The summed E-state index contributed by atoms with van der Waals surface area (Å²) in [5.74, 6) is 1.33. The Kier molecular flexibility index (Phi) is 3.69.